The Hall–Kier alpha value is -3.41. The van der Waals surface area contributed by atoms with E-state index in [1.807, 2.05) is 60.9 Å². The van der Waals surface area contributed by atoms with Crippen molar-refractivity contribution in [1.29, 1.82) is 0 Å². The van der Waals surface area contributed by atoms with Crippen molar-refractivity contribution in [2.75, 3.05) is 5.32 Å². The van der Waals surface area contributed by atoms with Gasteiger partial charge in [0, 0.05) is 17.4 Å². The maximum atomic E-state index is 12.7. The third-order valence-electron chi connectivity index (χ3n) is 4.95. The number of nitrogens with one attached hydrogen (secondary N) is 1. The van der Waals surface area contributed by atoms with E-state index in [9.17, 15) is 4.79 Å². The van der Waals surface area contributed by atoms with Gasteiger partial charge in [-0.3, -0.25) is 9.36 Å². The number of amides is 1. The van der Waals surface area contributed by atoms with Gasteiger partial charge >= 0.3 is 0 Å². The molecule has 0 fully saturated rings. The summed E-state index contributed by atoms with van der Waals surface area (Å²) < 4.78 is 4.09. The van der Waals surface area contributed by atoms with Crippen LogP contribution in [0.1, 0.15) is 41.6 Å². The number of nitrogens with zero attached hydrogens (tertiary/aromatic N) is 4. The van der Waals surface area contributed by atoms with E-state index in [2.05, 4.69) is 33.7 Å². The zero-order chi connectivity index (χ0) is 19.8. The number of para-hydroxylation sites is 2. The molecule has 4 aromatic rings. The first-order valence-corrected chi connectivity index (χ1v) is 9.34. The lowest BCUT2D eigenvalue weighted by atomic mass is 10.2. The molecule has 0 aliphatic carbocycles. The Morgan fingerprint density at radius 2 is 1.86 bits per heavy atom. The van der Waals surface area contributed by atoms with Gasteiger partial charge in [-0.25, -0.2) is 9.97 Å². The number of carbonyl (C=O) groups is 1. The largest absolute Gasteiger partial charge is 0.346 e. The molecule has 1 aromatic carbocycles. The van der Waals surface area contributed by atoms with Crippen LogP contribution >= 0.6 is 0 Å². The second-order valence-electron chi connectivity index (χ2n) is 7.21. The van der Waals surface area contributed by atoms with E-state index in [0.717, 1.165) is 28.2 Å². The molecule has 0 atom stereocenters. The van der Waals surface area contributed by atoms with Gasteiger partial charge in [0.05, 0.1) is 28.5 Å². The molecule has 3 heterocycles. The molecule has 6 nitrogen and oxygen atoms in total. The molecule has 0 saturated carbocycles. The Kier molecular flexibility index (Phi) is 4.47. The van der Waals surface area contributed by atoms with Gasteiger partial charge in [-0.15, -0.1) is 0 Å². The summed E-state index contributed by atoms with van der Waals surface area (Å²) in [5.41, 5.74) is 5.32. The minimum Gasteiger partial charge on any atom is -0.346 e. The van der Waals surface area contributed by atoms with Crippen molar-refractivity contribution in [3.63, 3.8) is 0 Å². The Morgan fingerprint density at radius 1 is 1.07 bits per heavy atom. The highest BCUT2D eigenvalue weighted by molar-refractivity contribution is 6.05. The van der Waals surface area contributed by atoms with Crippen LogP contribution in [0.25, 0.3) is 16.9 Å². The smallest absolute Gasteiger partial charge is 0.257 e. The predicted octanol–water partition coefficient (Wildman–Crippen LogP) is 4.67. The van der Waals surface area contributed by atoms with Crippen molar-refractivity contribution < 1.29 is 4.79 Å². The summed E-state index contributed by atoms with van der Waals surface area (Å²) in [4.78, 5) is 21.6. The van der Waals surface area contributed by atoms with Gasteiger partial charge in [0.25, 0.3) is 5.91 Å². The summed E-state index contributed by atoms with van der Waals surface area (Å²) in [6.07, 6.45) is 3.43. The van der Waals surface area contributed by atoms with Gasteiger partial charge in [0.1, 0.15) is 12.1 Å². The average molecular weight is 373 g/mol. The van der Waals surface area contributed by atoms with Crippen molar-refractivity contribution in [1.82, 2.24) is 19.1 Å². The lowest BCUT2D eigenvalue weighted by Gasteiger charge is -2.13. The highest BCUT2D eigenvalue weighted by Crippen LogP contribution is 2.22. The summed E-state index contributed by atoms with van der Waals surface area (Å²) in [7, 11) is 0. The number of pyridine rings is 1. The van der Waals surface area contributed by atoms with E-state index in [4.69, 9.17) is 0 Å². The van der Waals surface area contributed by atoms with Gasteiger partial charge in [-0.2, -0.15) is 0 Å². The maximum absolute atomic E-state index is 12.7. The van der Waals surface area contributed by atoms with Crippen molar-refractivity contribution in [3.05, 3.63) is 71.9 Å². The molecule has 6 heteroatoms. The molecule has 1 amide bonds. The SMILES string of the molecule is Cc1cc(C(=O)Nc2ccc(-n3cnc4ccccc43)nc2)c(C)n1C(C)C. The standard InChI is InChI=1S/C22H23N5O/c1-14(2)27-15(3)11-18(16(27)4)22(28)25-17-9-10-21(23-12-17)26-13-24-19-7-5-6-8-20(19)26/h5-14H,1-4H3,(H,25,28). The maximum Gasteiger partial charge on any atom is 0.257 e. The minimum absolute atomic E-state index is 0.123. The molecular formula is C22H23N5O. The summed E-state index contributed by atoms with van der Waals surface area (Å²) >= 11 is 0. The fourth-order valence-electron chi connectivity index (χ4n) is 3.74. The number of aryl methyl sites for hydroxylation is 1. The van der Waals surface area contributed by atoms with Gasteiger partial charge in [-0.1, -0.05) is 12.1 Å². The second-order valence-corrected chi connectivity index (χ2v) is 7.21. The Labute approximate surface area is 163 Å². The van der Waals surface area contributed by atoms with Gasteiger partial charge in [0.2, 0.25) is 0 Å². The monoisotopic (exact) mass is 373 g/mol. The number of carbonyl (C=O) groups excluding carboxylic acids is 1. The van der Waals surface area contributed by atoms with Gasteiger partial charge in [-0.05, 0) is 58.0 Å². The summed E-state index contributed by atoms with van der Waals surface area (Å²) in [6, 6.07) is 13.9. The number of hydrogen-bond acceptors (Lipinski definition) is 3. The third-order valence-corrected chi connectivity index (χ3v) is 4.95. The van der Waals surface area contributed by atoms with Gasteiger partial charge < -0.3 is 9.88 Å². The molecule has 0 saturated heterocycles. The normalized spacial score (nSPS) is 11.3. The zero-order valence-corrected chi connectivity index (χ0v) is 16.5. The molecule has 0 unspecified atom stereocenters. The molecule has 28 heavy (non-hydrogen) atoms. The van der Waals surface area contributed by atoms with E-state index in [0.29, 0.717) is 17.3 Å². The van der Waals surface area contributed by atoms with Crippen LogP contribution in [0.4, 0.5) is 5.69 Å². The summed E-state index contributed by atoms with van der Waals surface area (Å²) in [5.74, 6) is 0.632. The van der Waals surface area contributed by atoms with Crippen LogP contribution in [0.5, 0.6) is 0 Å². The molecule has 0 aliphatic heterocycles. The first-order valence-electron chi connectivity index (χ1n) is 9.34. The van der Waals surface area contributed by atoms with Crippen molar-refractivity contribution in [2.24, 2.45) is 0 Å². The van der Waals surface area contributed by atoms with Crippen LogP contribution in [0.3, 0.4) is 0 Å². The molecule has 0 radical (unpaired) electrons. The number of hydrogen-bond donors (Lipinski definition) is 1. The minimum atomic E-state index is -0.123. The molecular weight excluding hydrogens is 350 g/mol. The summed E-state index contributed by atoms with van der Waals surface area (Å²) in [5, 5.41) is 2.95. The van der Waals surface area contributed by atoms with Crippen molar-refractivity contribution >= 4 is 22.6 Å². The lowest BCUT2D eigenvalue weighted by Crippen LogP contribution is -2.14. The number of benzene rings is 1. The average Bonchev–Trinajstić information content (AvgIpc) is 3.23. The highest BCUT2D eigenvalue weighted by Gasteiger charge is 2.17. The topological polar surface area (TPSA) is 64.7 Å². The number of rotatable bonds is 4. The molecule has 4 rings (SSSR count). The van der Waals surface area contributed by atoms with Crippen LogP contribution in [-0.2, 0) is 0 Å². The van der Waals surface area contributed by atoms with E-state index >= 15 is 0 Å². The van der Waals surface area contributed by atoms with E-state index in [-0.39, 0.29) is 5.91 Å². The lowest BCUT2D eigenvalue weighted by molar-refractivity contribution is 0.102. The quantitative estimate of drug-likeness (QED) is 0.565. The van der Waals surface area contributed by atoms with Crippen LogP contribution < -0.4 is 5.32 Å². The number of aromatic nitrogens is 4. The Morgan fingerprint density at radius 3 is 2.54 bits per heavy atom. The van der Waals surface area contributed by atoms with E-state index < -0.39 is 0 Å². The zero-order valence-electron chi connectivity index (χ0n) is 16.5. The molecule has 142 valence electrons. The highest BCUT2D eigenvalue weighted by atomic mass is 16.1. The predicted molar refractivity (Wildman–Crippen MR) is 111 cm³/mol. The molecule has 0 bridgehead atoms. The van der Waals surface area contributed by atoms with Crippen molar-refractivity contribution in [3.8, 4) is 5.82 Å². The number of fused-ring (bicyclic) bond motifs is 1. The van der Waals surface area contributed by atoms with E-state index in [1.165, 1.54) is 0 Å². The first-order chi connectivity index (χ1) is 13.5. The van der Waals surface area contributed by atoms with Crippen LogP contribution in [0.2, 0.25) is 0 Å². The first kappa shape index (κ1) is 18.0. The Balaban J connectivity index is 1.57. The molecule has 1 N–H and O–H groups in total. The molecule has 0 spiro atoms. The van der Waals surface area contributed by atoms with E-state index in [1.54, 1.807) is 12.5 Å². The second kappa shape index (κ2) is 6.96. The van der Waals surface area contributed by atoms with Crippen LogP contribution in [0.15, 0.2) is 55.0 Å². The summed E-state index contributed by atoms with van der Waals surface area (Å²) in [6.45, 7) is 8.23. The molecule has 0 aliphatic rings. The number of imidazole rings is 1. The fraction of sp³-hybridized carbons (Fsp3) is 0.227. The number of anilines is 1. The van der Waals surface area contributed by atoms with Crippen molar-refractivity contribution in [2.45, 2.75) is 33.7 Å². The van der Waals surface area contributed by atoms with Crippen LogP contribution in [0, 0.1) is 13.8 Å². The molecule has 3 aromatic heterocycles. The third kappa shape index (κ3) is 3.07. The van der Waals surface area contributed by atoms with Gasteiger partial charge in [0.15, 0.2) is 0 Å². The van der Waals surface area contributed by atoms with Crippen LogP contribution in [-0.4, -0.2) is 25.0 Å². The Bertz CT molecular complexity index is 1150. The fourth-order valence-corrected chi connectivity index (χ4v) is 3.74.